The number of carbonyl (C=O) groups is 2. The standard InChI is InChI=1S/C23H29FN4O4S/c1-23(2,3)25-21(29)16-27-11-13-28(14-12-27)22(30)17-7-6-8-18(15-17)33(31,32)26-20-10-5-4-9-19(20)24/h4-10,15,26H,11-14,16H2,1-3H3,(H,25,29). The van der Waals surface area contributed by atoms with Gasteiger partial charge in [-0.1, -0.05) is 18.2 Å². The fraction of sp³-hybridized carbons (Fsp3) is 0.391. The number of piperazine rings is 1. The highest BCUT2D eigenvalue weighted by molar-refractivity contribution is 7.92. The second-order valence-corrected chi connectivity index (χ2v) is 10.7. The molecule has 0 unspecified atom stereocenters. The number of halogens is 1. The van der Waals surface area contributed by atoms with Gasteiger partial charge in [-0.05, 0) is 51.1 Å². The summed E-state index contributed by atoms with van der Waals surface area (Å²) in [6.45, 7) is 7.93. The van der Waals surface area contributed by atoms with Crippen molar-refractivity contribution in [1.29, 1.82) is 0 Å². The van der Waals surface area contributed by atoms with Gasteiger partial charge in [0.25, 0.3) is 15.9 Å². The van der Waals surface area contributed by atoms with E-state index in [1.807, 2.05) is 25.7 Å². The molecule has 8 nitrogen and oxygen atoms in total. The number of hydrogen-bond donors (Lipinski definition) is 2. The third-order valence-corrected chi connectivity index (χ3v) is 6.41. The minimum Gasteiger partial charge on any atom is -0.350 e. The molecular weight excluding hydrogens is 447 g/mol. The van der Waals surface area contributed by atoms with Crippen LogP contribution in [-0.4, -0.2) is 68.3 Å². The van der Waals surface area contributed by atoms with Crippen molar-refractivity contribution < 1.29 is 22.4 Å². The number of benzene rings is 2. The molecule has 0 aliphatic carbocycles. The third kappa shape index (κ3) is 6.75. The first-order valence-corrected chi connectivity index (χ1v) is 12.1. The highest BCUT2D eigenvalue weighted by Crippen LogP contribution is 2.20. The molecule has 2 N–H and O–H groups in total. The summed E-state index contributed by atoms with van der Waals surface area (Å²) < 4.78 is 41.5. The monoisotopic (exact) mass is 476 g/mol. The first-order valence-electron chi connectivity index (χ1n) is 10.6. The van der Waals surface area contributed by atoms with Gasteiger partial charge < -0.3 is 10.2 Å². The molecule has 10 heteroatoms. The van der Waals surface area contributed by atoms with E-state index in [0.29, 0.717) is 26.2 Å². The minimum atomic E-state index is -4.07. The lowest BCUT2D eigenvalue weighted by molar-refractivity contribution is -0.124. The van der Waals surface area contributed by atoms with Crippen LogP contribution in [0, 0.1) is 5.82 Å². The predicted octanol–water partition coefficient (Wildman–Crippen LogP) is 2.30. The lowest BCUT2D eigenvalue weighted by Gasteiger charge is -2.35. The molecule has 1 heterocycles. The van der Waals surface area contributed by atoms with Gasteiger partial charge in [-0.15, -0.1) is 0 Å². The van der Waals surface area contributed by atoms with Crippen molar-refractivity contribution in [2.75, 3.05) is 37.4 Å². The van der Waals surface area contributed by atoms with Crippen molar-refractivity contribution in [3.63, 3.8) is 0 Å². The molecule has 2 amide bonds. The van der Waals surface area contributed by atoms with E-state index in [1.165, 1.54) is 36.4 Å². The third-order valence-electron chi connectivity index (χ3n) is 5.05. The lowest BCUT2D eigenvalue weighted by Crippen LogP contribution is -2.52. The Hall–Kier alpha value is -2.98. The van der Waals surface area contributed by atoms with E-state index in [2.05, 4.69) is 10.0 Å². The summed E-state index contributed by atoms with van der Waals surface area (Å²) in [5.74, 6) is -1.05. The summed E-state index contributed by atoms with van der Waals surface area (Å²) in [4.78, 5) is 28.6. The van der Waals surface area contributed by atoms with E-state index in [0.717, 1.165) is 6.07 Å². The molecule has 0 bridgehead atoms. The second-order valence-electron chi connectivity index (χ2n) is 8.98. The van der Waals surface area contributed by atoms with Crippen LogP contribution < -0.4 is 10.0 Å². The Balaban J connectivity index is 1.63. The molecule has 2 aromatic rings. The zero-order chi connectivity index (χ0) is 24.2. The van der Waals surface area contributed by atoms with Crippen LogP contribution in [0.15, 0.2) is 53.4 Å². The predicted molar refractivity (Wildman–Crippen MR) is 124 cm³/mol. The number of nitrogens with zero attached hydrogens (tertiary/aromatic N) is 2. The van der Waals surface area contributed by atoms with Gasteiger partial charge in [0.1, 0.15) is 5.82 Å². The van der Waals surface area contributed by atoms with Crippen LogP contribution in [0.25, 0.3) is 0 Å². The summed E-state index contributed by atoms with van der Waals surface area (Å²) >= 11 is 0. The molecule has 1 fully saturated rings. The lowest BCUT2D eigenvalue weighted by atomic mass is 10.1. The average molecular weight is 477 g/mol. The Kier molecular flexibility index (Phi) is 7.38. The zero-order valence-corrected chi connectivity index (χ0v) is 19.8. The summed E-state index contributed by atoms with van der Waals surface area (Å²) in [5, 5.41) is 2.92. The fourth-order valence-electron chi connectivity index (χ4n) is 3.50. The molecule has 2 aromatic carbocycles. The van der Waals surface area contributed by atoms with Crippen LogP contribution in [0.5, 0.6) is 0 Å². The molecule has 0 aromatic heterocycles. The Morgan fingerprint density at radius 1 is 1.00 bits per heavy atom. The Morgan fingerprint density at radius 2 is 1.67 bits per heavy atom. The Morgan fingerprint density at radius 3 is 2.30 bits per heavy atom. The number of anilines is 1. The number of nitrogens with one attached hydrogen (secondary N) is 2. The van der Waals surface area contributed by atoms with E-state index in [9.17, 15) is 22.4 Å². The molecule has 33 heavy (non-hydrogen) atoms. The maximum Gasteiger partial charge on any atom is 0.262 e. The van der Waals surface area contributed by atoms with Crippen molar-refractivity contribution >= 4 is 27.5 Å². The maximum atomic E-state index is 13.9. The van der Waals surface area contributed by atoms with Crippen molar-refractivity contribution in [1.82, 2.24) is 15.1 Å². The van der Waals surface area contributed by atoms with E-state index in [1.54, 1.807) is 11.0 Å². The van der Waals surface area contributed by atoms with Gasteiger partial charge in [-0.25, -0.2) is 12.8 Å². The van der Waals surface area contributed by atoms with Crippen molar-refractivity contribution in [2.45, 2.75) is 31.2 Å². The van der Waals surface area contributed by atoms with E-state index < -0.39 is 15.8 Å². The van der Waals surface area contributed by atoms with Gasteiger partial charge in [0.15, 0.2) is 0 Å². The van der Waals surface area contributed by atoms with Crippen molar-refractivity contribution in [3.8, 4) is 0 Å². The average Bonchev–Trinajstić information content (AvgIpc) is 2.74. The second kappa shape index (κ2) is 9.88. The summed E-state index contributed by atoms with van der Waals surface area (Å²) in [7, 11) is -4.07. The molecule has 0 spiro atoms. The highest BCUT2D eigenvalue weighted by Gasteiger charge is 2.25. The van der Waals surface area contributed by atoms with E-state index in [4.69, 9.17) is 0 Å². The molecule has 3 rings (SSSR count). The first-order chi connectivity index (χ1) is 15.4. The van der Waals surface area contributed by atoms with Gasteiger partial charge in [0, 0.05) is 37.3 Å². The summed E-state index contributed by atoms with van der Waals surface area (Å²) in [6, 6.07) is 11.1. The number of hydrogen-bond acceptors (Lipinski definition) is 5. The molecule has 178 valence electrons. The van der Waals surface area contributed by atoms with Gasteiger partial charge in [-0.3, -0.25) is 19.2 Å². The van der Waals surface area contributed by atoms with Crippen molar-refractivity contribution in [2.24, 2.45) is 0 Å². The number of rotatable bonds is 6. The smallest absolute Gasteiger partial charge is 0.262 e. The van der Waals surface area contributed by atoms with Crippen molar-refractivity contribution in [3.05, 3.63) is 59.9 Å². The topological polar surface area (TPSA) is 98.8 Å². The SMILES string of the molecule is CC(C)(C)NC(=O)CN1CCN(C(=O)c2cccc(S(=O)(=O)Nc3ccccc3F)c2)CC1. The number of carbonyl (C=O) groups excluding carboxylic acids is 2. The van der Waals surface area contributed by atoms with Crippen LogP contribution in [0.4, 0.5) is 10.1 Å². The Bertz CT molecular complexity index is 1120. The summed E-state index contributed by atoms with van der Waals surface area (Å²) in [5.41, 5.74) is -0.243. The fourth-order valence-corrected chi connectivity index (χ4v) is 4.61. The molecule has 1 aliphatic heterocycles. The molecule has 0 radical (unpaired) electrons. The van der Waals surface area contributed by atoms with Gasteiger partial charge in [0.2, 0.25) is 5.91 Å². The van der Waals surface area contributed by atoms with Gasteiger partial charge in [-0.2, -0.15) is 0 Å². The van der Waals surface area contributed by atoms with Crippen LogP contribution in [0.1, 0.15) is 31.1 Å². The number of para-hydroxylation sites is 1. The minimum absolute atomic E-state index is 0.0671. The van der Waals surface area contributed by atoms with Crippen LogP contribution in [0.3, 0.4) is 0 Å². The Labute approximate surface area is 193 Å². The van der Waals surface area contributed by atoms with Crippen LogP contribution in [0.2, 0.25) is 0 Å². The van der Waals surface area contributed by atoms with E-state index >= 15 is 0 Å². The molecular formula is C23H29FN4O4S. The summed E-state index contributed by atoms with van der Waals surface area (Å²) in [6.07, 6.45) is 0. The number of amides is 2. The zero-order valence-electron chi connectivity index (χ0n) is 19.0. The molecule has 1 saturated heterocycles. The first kappa shape index (κ1) is 24.7. The largest absolute Gasteiger partial charge is 0.350 e. The maximum absolute atomic E-state index is 13.9. The molecule has 0 saturated carbocycles. The van der Waals surface area contributed by atoms with Crippen LogP contribution >= 0.6 is 0 Å². The van der Waals surface area contributed by atoms with E-state index in [-0.39, 0.29) is 40.0 Å². The number of sulfonamides is 1. The van der Waals surface area contributed by atoms with Gasteiger partial charge >= 0.3 is 0 Å². The quantitative estimate of drug-likeness (QED) is 0.667. The normalized spacial score (nSPS) is 15.2. The molecule has 1 aliphatic rings. The highest BCUT2D eigenvalue weighted by atomic mass is 32.2. The molecule has 0 atom stereocenters. The van der Waals surface area contributed by atoms with Gasteiger partial charge in [0.05, 0.1) is 17.1 Å². The van der Waals surface area contributed by atoms with Crippen LogP contribution in [-0.2, 0) is 14.8 Å².